The van der Waals surface area contributed by atoms with Gasteiger partial charge in [-0.3, -0.25) is 4.98 Å². The lowest BCUT2D eigenvalue weighted by Gasteiger charge is -2.30. The van der Waals surface area contributed by atoms with E-state index in [0.29, 0.717) is 12.6 Å². The standard InChI is InChI=1S/C16H23N3O2/c1-11-2-3-12(9-17-11)10-18-16(20)19-14-6-7-21-15(8-14)13-4-5-13/h2-3,9,13-15H,4-8,10H2,1H3,(H2,18,19,20)/t14-,15-/m0/s1. The van der Waals surface area contributed by atoms with Crippen molar-refractivity contribution in [3.63, 3.8) is 0 Å². The summed E-state index contributed by atoms with van der Waals surface area (Å²) < 4.78 is 5.77. The van der Waals surface area contributed by atoms with E-state index in [0.717, 1.165) is 36.6 Å². The molecule has 3 rings (SSSR count). The van der Waals surface area contributed by atoms with Crippen LogP contribution in [0.1, 0.15) is 36.9 Å². The monoisotopic (exact) mass is 289 g/mol. The largest absolute Gasteiger partial charge is 0.378 e. The summed E-state index contributed by atoms with van der Waals surface area (Å²) in [6.45, 7) is 3.22. The minimum atomic E-state index is -0.1000. The molecule has 2 N–H and O–H groups in total. The van der Waals surface area contributed by atoms with Crippen LogP contribution in [0.25, 0.3) is 0 Å². The van der Waals surface area contributed by atoms with Gasteiger partial charge in [-0.2, -0.15) is 0 Å². The van der Waals surface area contributed by atoms with Gasteiger partial charge in [0.2, 0.25) is 0 Å². The molecule has 1 aliphatic heterocycles. The number of hydrogen-bond donors (Lipinski definition) is 2. The lowest BCUT2D eigenvalue weighted by atomic mass is 10.0. The SMILES string of the molecule is Cc1ccc(CNC(=O)N[C@H]2CCO[C@H](C3CC3)C2)cn1. The Hall–Kier alpha value is -1.62. The van der Waals surface area contributed by atoms with Gasteiger partial charge in [-0.1, -0.05) is 6.07 Å². The van der Waals surface area contributed by atoms with Crippen LogP contribution < -0.4 is 10.6 Å². The van der Waals surface area contributed by atoms with Crippen LogP contribution in [0.5, 0.6) is 0 Å². The zero-order chi connectivity index (χ0) is 14.7. The number of nitrogens with zero attached hydrogens (tertiary/aromatic N) is 1. The fourth-order valence-corrected chi connectivity index (χ4v) is 2.78. The molecular formula is C16H23N3O2. The van der Waals surface area contributed by atoms with Crippen LogP contribution in [0.15, 0.2) is 18.3 Å². The third-order valence-corrected chi connectivity index (χ3v) is 4.22. The third-order valence-electron chi connectivity index (χ3n) is 4.22. The van der Waals surface area contributed by atoms with E-state index in [1.54, 1.807) is 6.20 Å². The molecule has 114 valence electrons. The smallest absolute Gasteiger partial charge is 0.315 e. The highest BCUT2D eigenvalue weighted by atomic mass is 16.5. The van der Waals surface area contributed by atoms with Gasteiger partial charge in [0.05, 0.1) is 6.10 Å². The minimum absolute atomic E-state index is 0.1000. The summed E-state index contributed by atoms with van der Waals surface area (Å²) in [5.41, 5.74) is 2.00. The highest BCUT2D eigenvalue weighted by Crippen LogP contribution is 2.38. The Morgan fingerprint density at radius 1 is 1.38 bits per heavy atom. The van der Waals surface area contributed by atoms with Crippen molar-refractivity contribution in [3.8, 4) is 0 Å². The van der Waals surface area contributed by atoms with Crippen molar-refractivity contribution in [2.24, 2.45) is 5.92 Å². The van der Waals surface area contributed by atoms with Gasteiger partial charge in [0, 0.05) is 31.1 Å². The highest BCUT2D eigenvalue weighted by Gasteiger charge is 2.36. The molecule has 1 aromatic heterocycles. The predicted octanol–water partition coefficient (Wildman–Crippen LogP) is 2.15. The second-order valence-corrected chi connectivity index (χ2v) is 6.10. The molecule has 0 spiro atoms. The number of aromatic nitrogens is 1. The molecule has 0 bridgehead atoms. The molecule has 2 fully saturated rings. The fourth-order valence-electron chi connectivity index (χ4n) is 2.78. The van der Waals surface area contributed by atoms with Crippen LogP contribution in [0.3, 0.4) is 0 Å². The molecule has 1 aliphatic carbocycles. The Kier molecular flexibility index (Phi) is 4.39. The number of carbonyl (C=O) groups excluding carboxylic acids is 1. The van der Waals surface area contributed by atoms with Crippen LogP contribution in [-0.2, 0) is 11.3 Å². The first-order valence-corrected chi connectivity index (χ1v) is 7.78. The van der Waals surface area contributed by atoms with Gasteiger partial charge < -0.3 is 15.4 Å². The molecule has 21 heavy (non-hydrogen) atoms. The van der Waals surface area contributed by atoms with E-state index in [1.807, 2.05) is 19.1 Å². The van der Waals surface area contributed by atoms with Gasteiger partial charge in [0.1, 0.15) is 0 Å². The molecule has 0 aromatic carbocycles. The van der Waals surface area contributed by atoms with Crippen LogP contribution in [0.4, 0.5) is 4.79 Å². The van der Waals surface area contributed by atoms with Crippen molar-refractivity contribution in [1.29, 1.82) is 0 Å². The lowest BCUT2D eigenvalue weighted by Crippen LogP contribution is -2.46. The normalized spacial score (nSPS) is 25.4. The number of amides is 2. The van der Waals surface area contributed by atoms with Crippen molar-refractivity contribution >= 4 is 6.03 Å². The van der Waals surface area contributed by atoms with Gasteiger partial charge in [-0.25, -0.2) is 4.79 Å². The summed E-state index contributed by atoms with van der Waals surface area (Å²) in [5.74, 6) is 0.733. The van der Waals surface area contributed by atoms with Crippen molar-refractivity contribution in [3.05, 3.63) is 29.6 Å². The quantitative estimate of drug-likeness (QED) is 0.892. The molecule has 2 atom stereocenters. The highest BCUT2D eigenvalue weighted by molar-refractivity contribution is 5.74. The average Bonchev–Trinajstić information content (AvgIpc) is 3.32. The third kappa shape index (κ3) is 4.17. The molecule has 5 heteroatoms. The van der Waals surface area contributed by atoms with Gasteiger partial charge in [0.15, 0.2) is 0 Å². The molecule has 0 unspecified atom stereocenters. The van der Waals surface area contributed by atoms with E-state index in [1.165, 1.54) is 12.8 Å². The van der Waals surface area contributed by atoms with Gasteiger partial charge in [0.25, 0.3) is 0 Å². The van der Waals surface area contributed by atoms with E-state index in [4.69, 9.17) is 4.74 Å². The molecule has 0 radical (unpaired) electrons. The Morgan fingerprint density at radius 2 is 2.24 bits per heavy atom. The summed E-state index contributed by atoms with van der Waals surface area (Å²) in [6.07, 6.45) is 6.57. The Bertz CT molecular complexity index is 485. The average molecular weight is 289 g/mol. The number of urea groups is 1. The summed E-state index contributed by atoms with van der Waals surface area (Å²) in [6, 6.07) is 4.07. The van der Waals surface area contributed by atoms with Crippen molar-refractivity contribution in [2.75, 3.05) is 6.61 Å². The fraction of sp³-hybridized carbons (Fsp3) is 0.625. The van der Waals surface area contributed by atoms with Crippen LogP contribution in [0.2, 0.25) is 0 Å². The molecule has 1 saturated heterocycles. The molecular weight excluding hydrogens is 266 g/mol. The Morgan fingerprint density at radius 3 is 2.95 bits per heavy atom. The maximum Gasteiger partial charge on any atom is 0.315 e. The number of aryl methyl sites for hydroxylation is 1. The second-order valence-electron chi connectivity index (χ2n) is 6.10. The molecule has 5 nitrogen and oxygen atoms in total. The van der Waals surface area contributed by atoms with Gasteiger partial charge in [-0.15, -0.1) is 0 Å². The van der Waals surface area contributed by atoms with Gasteiger partial charge in [-0.05, 0) is 50.2 Å². The Labute approximate surface area is 125 Å². The topological polar surface area (TPSA) is 63.2 Å². The molecule has 2 amide bonds. The number of ether oxygens (including phenoxy) is 1. The first kappa shape index (κ1) is 14.3. The van der Waals surface area contributed by atoms with Crippen molar-refractivity contribution in [2.45, 2.75) is 51.3 Å². The zero-order valence-electron chi connectivity index (χ0n) is 12.5. The van der Waals surface area contributed by atoms with E-state index in [-0.39, 0.29) is 12.1 Å². The van der Waals surface area contributed by atoms with Crippen LogP contribution in [0, 0.1) is 12.8 Å². The van der Waals surface area contributed by atoms with Gasteiger partial charge >= 0.3 is 6.03 Å². The van der Waals surface area contributed by atoms with Crippen molar-refractivity contribution in [1.82, 2.24) is 15.6 Å². The zero-order valence-corrected chi connectivity index (χ0v) is 12.5. The number of hydrogen-bond acceptors (Lipinski definition) is 3. The number of pyridine rings is 1. The number of nitrogens with one attached hydrogen (secondary N) is 2. The minimum Gasteiger partial charge on any atom is -0.378 e. The molecule has 1 saturated carbocycles. The summed E-state index contributed by atoms with van der Waals surface area (Å²) in [7, 11) is 0. The molecule has 2 heterocycles. The Balaban J connectivity index is 1.42. The van der Waals surface area contributed by atoms with E-state index < -0.39 is 0 Å². The lowest BCUT2D eigenvalue weighted by molar-refractivity contribution is -0.00914. The predicted molar refractivity (Wildman–Crippen MR) is 79.8 cm³/mol. The summed E-state index contributed by atoms with van der Waals surface area (Å²) >= 11 is 0. The van der Waals surface area contributed by atoms with Crippen molar-refractivity contribution < 1.29 is 9.53 Å². The maximum absolute atomic E-state index is 12.0. The van der Waals surface area contributed by atoms with Crippen LogP contribution >= 0.6 is 0 Å². The summed E-state index contributed by atoms with van der Waals surface area (Å²) in [4.78, 5) is 16.2. The molecule has 1 aromatic rings. The first-order valence-electron chi connectivity index (χ1n) is 7.78. The van der Waals surface area contributed by atoms with Crippen LogP contribution in [-0.4, -0.2) is 29.8 Å². The first-order chi connectivity index (χ1) is 10.2. The number of carbonyl (C=O) groups is 1. The summed E-state index contributed by atoms with van der Waals surface area (Å²) in [5, 5.41) is 5.96. The molecule has 2 aliphatic rings. The van der Waals surface area contributed by atoms with E-state index in [2.05, 4.69) is 15.6 Å². The maximum atomic E-state index is 12.0. The number of rotatable bonds is 4. The second kappa shape index (κ2) is 6.43. The van der Waals surface area contributed by atoms with E-state index >= 15 is 0 Å². The van der Waals surface area contributed by atoms with E-state index in [9.17, 15) is 4.79 Å².